The molecule has 0 saturated carbocycles. The van der Waals surface area contributed by atoms with E-state index in [4.69, 9.17) is 25.5 Å². The summed E-state index contributed by atoms with van der Waals surface area (Å²) in [5.41, 5.74) is 0.620. The van der Waals surface area contributed by atoms with E-state index in [2.05, 4.69) is 0 Å². The molecule has 144 valence electrons. The summed E-state index contributed by atoms with van der Waals surface area (Å²) >= 11 is 6.02. The zero-order chi connectivity index (χ0) is 20.8. The first-order valence-electron chi connectivity index (χ1n) is 8.38. The van der Waals surface area contributed by atoms with Crippen LogP contribution in [0.4, 0.5) is 0 Å². The second kappa shape index (κ2) is 8.91. The lowest BCUT2D eigenvalue weighted by atomic mass is 10.1. The molecule has 0 radical (unpaired) electrons. The molecular weight excluding hydrogens is 394 g/mol. The van der Waals surface area contributed by atoms with Crippen LogP contribution in [0.5, 0.6) is 11.5 Å². The number of esters is 1. The summed E-state index contributed by atoms with van der Waals surface area (Å²) in [6.45, 7) is 0. The van der Waals surface area contributed by atoms with Gasteiger partial charge in [0.2, 0.25) is 5.78 Å². The molecule has 0 saturated heterocycles. The minimum atomic E-state index is -0.636. The van der Waals surface area contributed by atoms with Gasteiger partial charge in [-0.25, -0.2) is 4.79 Å². The van der Waals surface area contributed by atoms with Gasteiger partial charge in [0.15, 0.2) is 17.3 Å². The molecule has 7 heteroatoms. The summed E-state index contributed by atoms with van der Waals surface area (Å²) < 4.78 is 15.7. The van der Waals surface area contributed by atoms with Crippen LogP contribution >= 0.6 is 11.6 Å². The summed E-state index contributed by atoms with van der Waals surface area (Å²) in [4.78, 5) is 24.7. The van der Waals surface area contributed by atoms with Gasteiger partial charge in [0.1, 0.15) is 11.6 Å². The average Bonchev–Trinajstić information content (AvgIpc) is 3.27. The number of methoxy groups -OCH3 is 1. The highest BCUT2D eigenvalue weighted by Gasteiger charge is 2.17. The highest BCUT2D eigenvalue weighted by atomic mass is 35.5. The van der Waals surface area contributed by atoms with Gasteiger partial charge < -0.3 is 13.9 Å². The standard InChI is InChI=1S/C22H14ClNO5/c1-27-20-12-14(11-15(13-24)21(25)19-7-4-10-28-19)8-9-18(20)29-22(26)16-5-2-3-6-17(16)23/h2-12H,1H3/b15-11+. The van der Waals surface area contributed by atoms with E-state index in [1.165, 1.54) is 31.6 Å². The number of carbonyl (C=O) groups excluding carboxylic acids is 2. The number of Topliss-reactive ketones (excluding diaryl/α,β-unsaturated/α-hetero) is 1. The molecule has 3 rings (SSSR count). The Labute approximate surface area is 171 Å². The Bertz CT molecular complexity index is 1130. The SMILES string of the molecule is COc1cc(/C=C(\C#N)C(=O)c2ccco2)ccc1OC(=O)c1ccccc1Cl. The van der Waals surface area contributed by atoms with Gasteiger partial charge in [-0.1, -0.05) is 29.8 Å². The number of nitriles is 1. The molecular formula is C22H14ClNO5. The molecule has 0 amide bonds. The summed E-state index contributed by atoms with van der Waals surface area (Å²) in [5, 5.41) is 9.58. The van der Waals surface area contributed by atoms with Crippen LogP contribution in [0, 0.1) is 11.3 Å². The molecule has 0 unspecified atom stereocenters. The van der Waals surface area contributed by atoms with Crippen LogP contribution in [0.3, 0.4) is 0 Å². The van der Waals surface area contributed by atoms with Crippen molar-refractivity contribution in [3.63, 3.8) is 0 Å². The van der Waals surface area contributed by atoms with Crippen molar-refractivity contribution < 1.29 is 23.5 Å². The second-order valence-corrected chi connectivity index (χ2v) is 6.16. The Morgan fingerprint density at radius 2 is 1.90 bits per heavy atom. The van der Waals surface area contributed by atoms with Crippen LogP contribution in [0.1, 0.15) is 26.5 Å². The third-order valence-corrected chi connectivity index (χ3v) is 4.23. The van der Waals surface area contributed by atoms with Crippen LogP contribution in [-0.4, -0.2) is 18.9 Å². The van der Waals surface area contributed by atoms with E-state index in [9.17, 15) is 14.9 Å². The average molecular weight is 408 g/mol. The van der Waals surface area contributed by atoms with Gasteiger partial charge in [-0.2, -0.15) is 5.26 Å². The topological polar surface area (TPSA) is 89.5 Å². The summed E-state index contributed by atoms with van der Waals surface area (Å²) in [6.07, 6.45) is 2.75. The maximum absolute atomic E-state index is 12.4. The number of benzene rings is 2. The Kier molecular flexibility index (Phi) is 6.12. The lowest BCUT2D eigenvalue weighted by molar-refractivity contribution is 0.0729. The number of carbonyl (C=O) groups is 2. The van der Waals surface area contributed by atoms with E-state index in [1.54, 1.807) is 42.5 Å². The van der Waals surface area contributed by atoms with E-state index in [0.717, 1.165) is 0 Å². The van der Waals surface area contributed by atoms with Gasteiger partial charge in [0.25, 0.3) is 0 Å². The van der Waals surface area contributed by atoms with Crippen LogP contribution in [0.25, 0.3) is 6.08 Å². The highest BCUT2D eigenvalue weighted by molar-refractivity contribution is 6.33. The molecule has 0 aliphatic carbocycles. The quantitative estimate of drug-likeness (QED) is 0.189. The van der Waals surface area contributed by atoms with E-state index < -0.39 is 11.8 Å². The normalized spacial score (nSPS) is 10.9. The lowest BCUT2D eigenvalue weighted by Gasteiger charge is -2.10. The second-order valence-electron chi connectivity index (χ2n) is 5.76. The summed E-state index contributed by atoms with van der Waals surface area (Å²) in [7, 11) is 1.41. The van der Waals surface area contributed by atoms with Crippen molar-refractivity contribution in [2.24, 2.45) is 0 Å². The van der Waals surface area contributed by atoms with E-state index in [-0.39, 0.29) is 33.4 Å². The van der Waals surface area contributed by atoms with Crippen LogP contribution in [0.2, 0.25) is 5.02 Å². The minimum absolute atomic E-state index is 0.0649. The molecule has 1 aromatic heterocycles. The van der Waals surface area contributed by atoms with Gasteiger partial charge in [-0.05, 0) is 48.0 Å². The molecule has 2 aromatic carbocycles. The van der Waals surface area contributed by atoms with Crippen molar-refractivity contribution in [1.29, 1.82) is 5.26 Å². The van der Waals surface area contributed by atoms with Crippen molar-refractivity contribution in [2.45, 2.75) is 0 Å². The van der Waals surface area contributed by atoms with Crippen molar-refractivity contribution in [3.8, 4) is 17.6 Å². The Balaban J connectivity index is 1.87. The number of halogens is 1. The first kappa shape index (κ1) is 19.9. The van der Waals surface area contributed by atoms with E-state index >= 15 is 0 Å². The molecule has 0 aliphatic rings. The number of hydrogen-bond donors (Lipinski definition) is 0. The number of ether oxygens (including phenoxy) is 2. The third-order valence-electron chi connectivity index (χ3n) is 3.91. The Morgan fingerprint density at radius 3 is 2.55 bits per heavy atom. The third kappa shape index (κ3) is 4.54. The van der Waals surface area contributed by atoms with Gasteiger partial charge in [-0.3, -0.25) is 4.79 Å². The highest BCUT2D eigenvalue weighted by Crippen LogP contribution is 2.30. The fourth-order valence-electron chi connectivity index (χ4n) is 2.50. The molecule has 0 atom stereocenters. The zero-order valence-electron chi connectivity index (χ0n) is 15.2. The first-order chi connectivity index (χ1) is 14.0. The van der Waals surface area contributed by atoms with E-state index in [1.807, 2.05) is 6.07 Å². The molecule has 0 spiro atoms. The molecule has 0 fully saturated rings. The van der Waals surface area contributed by atoms with Crippen molar-refractivity contribution >= 4 is 29.4 Å². The smallest absolute Gasteiger partial charge is 0.345 e. The van der Waals surface area contributed by atoms with Crippen molar-refractivity contribution in [3.05, 3.63) is 88.3 Å². The largest absolute Gasteiger partial charge is 0.493 e. The number of ketones is 1. The number of hydrogen-bond acceptors (Lipinski definition) is 6. The van der Waals surface area contributed by atoms with Crippen LogP contribution < -0.4 is 9.47 Å². The fraction of sp³-hybridized carbons (Fsp3) is 0.0455. The van der Waals surface area contributed by atoms with Gasteiger partial charge in [0, 0.05) is 0 Å². The Hall–Kier alpha value is -3.82. The summed E-state index contributed by atoms with van der Waals surface area (Å²) in [6, 6.07) is 16.1. The molecule has 0 N–H and O–H groups in total. The molecule has 1 heterocycles. The number of allylic oxidation sites excluding steroid dienone is 1. The van der Waals surface area contributed by atoms with Crippen molar-refractivity contribution in [2.75, 3.05) is 7.11 Å². The lowest BCUT2D eigenvalue weighted by Crippen LogP contribution is -2.10. The Morgan fingerprint density at radius 1 is 1.10 bits per heavy atom. The predicted octanol–water partition coefficient (Wildman–Crippen LogP) is 4.95. The monoisotopic (exact) mass is 407 g/mol. The maximum atomic E-state index is 12.4. The molecule has 3 aromatic rings. The predicted molar refractivity (Wildman–Crippen MR) is 106 cm³/mol. The zero-order valence-corrected chi connectivity index (χ0v) is 16.0. The molecule has 6 nitrogen and oxygen atoms in total. The molecule has 0 aliphatic heterocycles. The number of rotatable bonds is 6. The van der Waals surface area contributed by atoms with Crippen LogP contribution in [-0.2, 0) is 0 Å². The molecule has 0 bridgehead atoms. The fourth-order valence-corrected chi connectivity index (χ4v) is 2.71. The van der Waals surface area contributed by atoms with Gasteiger partial charge >= 0.3 is 5.97 Å². The van der Waals surface area contributed by atoms with Gasteiger partial charge in [-0.15, -0.1) is 0 Å². The maximum Gasteiger partial charge on any atom is 0.345 e. The first-order valence-corrected chi connectivity index (χ1v) is 8.76. The summed E-state index contributed by atoms with van der Waals surface area (Å²) in [5.74, 6) is -0.684. The van der Waals surface area contributed by atoms with Gasteiger partial charge in [0.05, 0.1) is 24.0 Å². The minimum Gasteiger partial charge on any atom is -0.493 e. The van der Waals surface area contributed by atoms with Crippen molar-refractivity contribution in [1.82, 2.24) is 0 Å². The number of furan rings is 1. The van der Waals surface area contributed by atoms with Crippen LogP contribution in [0.15, 0.2) is 70.9 Å². The molecule has 29 heavy (non-hydrogen) atoms. The van der Waals surface area contributed by atoms with E-state index in [0.29, 0.717) is 5.56 Å². The number of nitrogens with zero attached hydrogens (tertiary/aromatic N) is 1.